The molecule has 0 atom stereocenters. The first-order valence-electron chi connectivity index (χ1n) is 7.27. The molecule has 1 aromatic rings. The molecule has 0 unspecified atom stereocenters. The maximum atomic E-state index is 11.9. The zero-order valence-corrected chi connectivity index (χ0v) is 13.2. The van der Waals surface area contributed by atoms with Crippen molar-refractivity contribution in [1.82, 2.24) is 0 Å². The second-order valence-corrected chi connectivity index (χ2v) is 5.03. The van der Waals surface area contributed by atoms with Gasteiger partial charge < -0.3 is 9.47 Å². The highest BCUT2D eigenvalue weighted by Gasteiger charge is 2.38. The molecule has 0 fully saturated rings. The topological polar surface area (TPSA) is 76.4 Å². The lowest BCUT2D eigenvalue weighted by Gasteiger charge is -2.25. The molecule has 0 N–H and O–H groups in total. The summed E-state index contributed by atoms with van der Waals surface area (Å²) >= 11 is 0. The first-order valence-corrected chi connectivity index (χ1v) is 7.27. The Morgan fingerprint density at radius 3 is 2.09 bits per heavy atom. The van der Waals surface area contributed by atoms with Crippen LogP contribution in [0, 0.1) is 18.3 Å². The predicted molar refractivity (Wildman–Crippen MR) is 81.0 cm³/mol. The van der Waals surface area contributed by atoms with E-state index in [0.29, 0.717) is 5.56 Å². The van der Waals surface area contributed by atoms with Crippen molar-refractivity contribution in [2.75, 3.05) is 13.2 Å². The van der Waals surface area contributed by atoms with E-state index in [4.69, 9.17) is 9.47 Å². The van der Waals surface area contributed by atoms with Crippen molar-refractivity contribution >= 4 is 11.9 Å². The summed E-state index contributed by atoms with van der Waals surface area (Å²) in [5, 5.41) is 9.69. The standard InChI is InChI=1S/C17H21NO4/c1-4-21-15(19)10-17(12-18,11-16(20)22-5-2)14-8-6-7-13(3)9-14/h6-9H,4-5,10-11H2,1-3H3. The van der Waals surface area contributed by atoms with Crippen LogP contribution in [0.15, 0.2) is 24.3 Å². The lowest BCUT2D eigenvalue weighted by Crippen LogP contribution is -2.32. The van der Waals surface area contributed by atoms with Gasteiger partial charge in [-0.25, -0.2) is 0 Å². The van der Waals surface area contributed by atoms with Gasteiger partial charge in [0.25, 0.3) is 0 Å². The third-order valence-corrected chi connectivity index (χ3v) is 3.29. The van der Waals surface area contributed by atoms with Crippen LogP contribution < -0.4 is 0 Å². The van der Waals surface area contributed by atoms with E-state index in [1.807, 2.05) is 19.1 Å². The van der Waals surface area contributed by atoms with Gasteiger partial charge in [-0.05, 0) is 26.3 Å². The van der Waals surface area contributed by atoms with Gasteiger partial charge in [0.2, 0.25) is 0 Å². The summed E-state index contributed by atoms with van der Waals surface area (Å²) in [6.07, 6.45) is -0.362. The van der Waals surface area contributed by atoms with Gasteiger partial charge in [0, 0.05) is 0 Å². The quantitative estimate of drug-likeness (QED) is 0.724. The summed E-state index contributed by atoms with van der Waals surface area (Å²) in [6, 6.07) is 9.38. The van der Waals surface area contributed by atoms with Crippen LogP contribution in [0.4, 0.5) is 0 Å². The van der Waals surface area contributed by atoms with Gasteiger partial charge in [0.15, 0.2) is 0 Å². The molecule has 0 radical (unpaired) electrons. The Balaban J connectivity index is 3.19. The van der Waals surface area contributed by atoms with Crippen LogP contribution in [0.25, 0.3) is 0 Å². The van der Waals surface area contributed by atoms with Crippen molar-refractivity contribution in [2.45, 2.75) is 39.0 Å². The van der Waals surface area contributed by atoms with E-state index in [1.165, 1.54) is 0 Å². The van der Waals surface area contributed by atoms with Crippen LogP contribution in [0.3, 0.4) is 0 Å². The molecular formula is C17H21NO4. The molecule has 1 aromatic carbocycles. The number of benzene rings is 1. The maximum Gasteiger partial charge on any atom is 0.307 e. The normalized spacial score (nSPS) is 10.6. The van der Waals surface area contributed by atoms with Gasteiger partial charge in [-0.2, -0.15) is 5.26 Å². The van der Waals surface area contributed by atoms with E-state index in [2.05, 4.69) is 6.07 Å². The second-order valence-electron chi connectivity index (χ2n) is 5.03. The summed E-state index contributed by atoms with van der Waals surface area (Å²) in [5.74, 6) is -1.01. The number of nitriles is 1. The SMILES string of the molecule is CCOC(=O)CC(C#N)(CC(=O)OCC)c1cccc(C)c1. The smallest absolute Gasteiger partial charge is 0.307 e. The van der Waals surface area contributed by atoms with Crippen molar-refractivity contribution in [2.24, 2.45) is 0 Å². The van der Waals surface area contributed by atoms with Gasteiger partial charge in [-0.15, -0.1) is 0 Å². The highest BCUT2D eigenvalue weighted by atomic mass is 16.5. The van der Waals surface area contributed by atoms with Gasteiger partial charge in [0.05, 0.1) is 32.1 Å². The van der Waals surface area contributed by atoms with E-state index in [0.717, 1.165) is 5.56 Å². The first-order chi connectivity index (χ1) is 10.5. The van der Waals surface area contributed by atoms with Gasteiger partial charge >= 0.3 is 11.9 Å². The number of aryl methyl sites for hydroxylation is 1. The first kappa shape index (κ1) is 17.7. The summed E-state index contributed by atoms with van der Waals surface area (Å²) in [7, 11) is 0. The Labute approximate surface area is 130 Å². The molecule has 0 aliphatic carbocycles. The third-order valence-electron chi connectivity index (χ3n) is 3.29. The molecule has 5 heteroatoms. The molecule has 0 saturated carbocycles. The van der Waals surface area contributed by atoms with Crippen LogP contribution in [0.2, 0.25) is 0 Å². The fraction of sp³-hybridized carbons (Fsp3) is 0.471. The number of carbonyl (C=O) groups is 2. The number of esters is 2. The Morgan fingerprint density at radius 2 is 1.68 bits per heavy atom. The Bertz CT molecular complexity index is 554. The molecule has 0 aliphatic heterocycles. The van der Waals surface area contributed by atoms with E-state index in [9.17, 15) is 14.9 Å². The number of ether oxygens (including phenoxy) is 2. The molecule has 118 valence electrons. The number of nitrogens with zero attached hydrogens (tertiary/aromatic N) is 1. The highest BCUT2D eigenvalue weighted by molar-refractivity contribution is 5.77. The average Bonchev–Trinajstić information content (AvgIpc) is 2.47. The van der Waals surface area contributed by atoms with Crippen LogP contribution >= 0.6 is 0 Å². The molecule has 0 aromatic heterocycles. The van der Waals surface area contributed by atoms with Crippen LogP contribution in [0.1, 0.15) is 37.8 Å². The van der Waals surface area contributed by atoms with Crippen LogP contribution in [-0.4, -0.2) is 25.2 Å². The molecule has 5 nitrogen and oxygen atoms in total. The highest BCUT2D eigenvalue weighted by Crippen LogP contribution is 2.33. The van der Waals surface area contributed by atoms with Gasteiger partial charge in [-0.1, -0.05) is 29.8 Å². The predicted octanol–water partition coefficient (Wildman–Crippen LogP) is 2.66. The Kier molecular flexibility index (Phi) is 6.58. The number of hydrogen-bond donors (Lipinski definition) is 0. The summed E-state index contributed by atoms with van der Waals surface area (Å²) in [5.41, 5.74) is 0.297. The molecular weight excluding hydrogens is 282 g/mol. The number of hydrogen-bond acceptors (Lipinski definition) is 5. The minimum atomic E-state index is -1.27. The fourth-order valence-corrected chi connectivity index (χ4v) is 2.27. The second kappa shape index (κ2) is 8.18. The van der Waals surface area contributed by atoms with Crippen LogP contribution in [0.5, 0.6) is 0 Å². The van der Waals surface area contributed by atoms with Crippen molar-refractivity contribution in [3.8, 4) is 6.07 Å². The third kappa shape index (κ3) is 4.59. The number of rotatable bonds is 7. The summed E-state index contributed by atoms with van der Waals surface area (Å²) in [4.78, 5) is 23.8. The Hall–Kier alpha value is -2.35. The number of carbonyl (C=O) groups excluding carboxylic acids is 2. The Morgan fingerprint density at radius 1 is 1.14 bits per heavy atom. The zero-order valence-electron chi connectivity index (χ0n) is 13.2. The van der Waals surface area contributed by atoms with Gasteiger partial charge in [-0.3, -0.25) is 9.59 Å². The van der Waals surface area contributed by atoms with Crippen molar-refractivity contribution in [3.63, 3.8) is 0 Å². The summed E-state index contributed by atoms with van der Waals surface area (Å²) in [6.45, 7) is 5.75. The lowest BCUT2D eigenvalue weighted by molar-refractivity contribution is -0.146. The van der Waals surface area contributed by atoms with E-state index in [-0.39, 0.29) is 26.1 Å². The molecule has 22 heavy (non-hydrogen) atoms. The van der Waals surface area contributed by atoms with Crippen molar-refractivity contribution in [1.29, 1.82) is 5.26 Å². The monoisotopic (exact) mass is 303 g/mol. The van der Waals surface area contributed by atoms with E-state index in [1.54, 1.807) is 26.0 Å². The molecule has 0 aliphatic rings. The summed E-state index contributed by atoms with van der Waals surface area (Å²) < 4.78 is 9.90. The van der Waals surface area contributed by atoms with Crippen molar-refractivity contribution in [3.05, 3.63) is 35.4 Å². The lowest BCUT2D eigenvalue weighted by atomic mass is 9.75. The van der Waals surface area contributed by atoms with Crippen LogP contribution in [-0.2, 0) is 24.5 Å². The average molecular weight is 303 g/mol. The minimum Gasteiger partial charge on any atom is -0.466 e. The van der Waals surface area contributed by atoms with E-state index >= 15 is 0 Å². The zero-order chi connectivity index (χ0) is 16.6. The van der Waals surface area contributed by atoms with Gasteiger partial charge in [0.1, 0.15) is 5.41 Å². The largest absolute Gasteiger partial charge is 0.466 e. The molecule has 1 rings (SSSR count). The molecule has 0 bridgehead atoms. The minimum absolute atomic E-state index is 0.181. The molecule has 0 heterocycles. The molecule has 0 saturated heterocycles. The maximum absolute atomic E-state index is 11.9. The molecule has 0 amide bonds. The van der Waals surface area contributed by atoms with E-state index < -0.39 is 17.4 Å². The molecule has 0 spiro atoms. The fourth-order valence-electron chi connectivity index (χ4n) is 2.27. The van der Waals surface area contributed by atoms with Crippen molar-refractivity contribution < 1.29 is 19.1 Å².